The van der Waals surface area contributed by atoms with Crippen molar-refractivity contribution in [2.45, 2.75) is 19.4 Å². The molecule has 1 fully saturated rings. The van der Waals surface area contributed by atoms with Crippen LogP contribution < -0.4 is 0 Å². The summed E-state index contributed by atoms with van der Waals surface area (Å²) >= 11 is 0. The van der Waals surface area contributed by atoms with E-state index in [0.29, 0.717) is 18.8 Å². The number of hydrogen-bond donors (Lipinski definition) is 0. The number of hydrogen-bond acceptors (Lipinski definition) is 4. The second kappa shape index (κ2) is 5.02. The molecule has 0 aromatic carbocycles. The molecule has 0 saturated carbocycles. The highest BCUT2D eigenvalue weighted by Gasteiger charge is 2.31. The van der Waals surface area contributed by atoms with Crippen molar-refractivity contribution in [3.8, 4) is 6.07 Å². The molecule has 2 heterocycles. The van der Waals surface area contributed by atoms with Gasteiger partial charge in [0.2, 0.25) is 0 Å². The predicted octanol–water partition coefficient (Wildman–Crippen LogP) is 0.480. The first-order valence-corrected chi connectivity index (χ1v) is 6.37. The number of aromatic nitrogens is 2. The van der Waals surface area contributed by atoms with Crippen molar-refractivity contribution < 1.29 is 4.79 Å². The van der Waals surface area contributed by atoms with E-state index in [1.165, 1.54) is 0 Å². The lowest BCUT2D eigenvalue weighted by molar-refractivity contribution is 0.0513. The summed E-state index contributed by atoms with van der Waals surface area (Å²) in [6.07, 6.45) is 3.22. The summed E-state index contributed by atoms with van der Waals surface area (Å²) < 4.78 is 1.73. The zero-order chi connectivity index (χ0) is 14.0. The lowest BCUT2D eigenvalue weighted by Crippen LogP contribution is -2.55. The third-order valence-corrected chi connectivity index (χ3v) is 3.67. The van der Waals surface area contributed by atoms with E-state index in [9.17, 15) is 4.79 Å². The molecule has 1 aromatic heterocycles. The molecule has 0 radical (unpaired) electrons. The van der Waals surface area contributed by atoms with Gasteiger partial charge in [-0.05, 0) is 13.8 Å². The van der Waals surface area contributed by atoms with Gasteiger partial charge in [-0.15, -0.1) is 0 Å². The average molecular weight is 261 g/mol. The van der Waals surface area contributed by atoms with Gasteiger partial charge in [0, 0.05) is 33.2 Å². The highest BCUT2D eigenvalue weighted by Crippen LogP contribution is 2.17. The minimum Gasteiger partial charge on any atom is -0.335 e. The number of rotatable bonds is 2. The zero-order valence-corrected chi connectivity index (χ0v) is 11.6. The Morgan fingerprint density at radius 3 is 2.47 bits per heavy atom. The van der Waals surface area contributed by atoms with Crippen LogP contribution in [0.15, 0.2) is 12.5 Å². The van der Waals surface area contributed by atoms with Crippen molar-refractivity contribution in [3.05, 3.63) is 18.2 Å². The SMILES string of the molecule is Cn1cncc1C(=O)N1CCN(C(C)(C)C#N)CC1. The summed E-state index contributed by atoms with van der Waals surface area (Å²) in [4.78, 5) is 20.2. The van der Waals surface area contributed by atoms with Crippen LogP contribution in [0.5, 0.6) is 0 Å². The minimum absolute atomic E-state index is 0.00872. The molecule has 0 unspecified atom stereocenters. The van der Waals surface area contributed by atoms with E-state index in [-0.39, 0.29) is 5.91 Å². The molecule has 6 nitrogen and oxygen atoms in total. The number of nitrogens with zero attached hydrogens (tertiary/aromatic N) is 5. The summed E-state index contributed by atoms with van der Waals surface area (Å²) in [6.45, 7) is 6.57. The number of imidazole rings is 1. The van der Waals surface area contributed by atoms with Crippen molar-refractivity contribution in [1.82, 2.24) is 19.4 Å². The smallest absolute Gasteiger partial charge is 0.272 e. The Balaban J connectivity index is 2.00. The molecule has 6 heteroatoms. The Hall–Kier alpha value is -1.87. The number of carbonyl (C=O) groups excluding carboxylic acids is 1. The Kier molecular flexibility index (Phi) is 3.58. The maximum Gasteiger partial charge on any atom is 0.272 e. The van der Waals surface area contributed by atoms with Crippen LogP contribution in [0.1, 0.15) is 24.3 Å². The van der Waals surface area contributed by atoms with E-state index in [1.54, 1.807) is 17.1 Å². The maximum absolute atomic E-state index is 12.3. The Bertz CT molecular complexity index is 505. The van der Waals surface area contributed by atoms with E-state index < -0.39 is 5.54 Å². The van der Waals surface area contributed by atoms with Crippen molar-refractivity contribution in [1.29, 1.82) is 5.26 Å². The molecule has 102 valence electrons. The average Bonchev–Trinajstić information content (AvgIpc) is 2.84. The summed E-state index contributed by atoms with van der Waals surface area (Å²) in [7, 11) is 1.81. The van der Waals surface area contributed by atoms with Gasteiger partial charge < -0.3 is 9.47 Å². The van der Waals surface area contributed by atoms with Gasteiger partial charge in [0.25, 0.3) is 5.91 Å². The second-order valence-electron chi connectivity index (χ2n) is 5.34. The van der Waals surface area contributed by atoms with Crippen LogP contribution in [0.25, 0.3) is 0 Å². The van der Waals surface area contributed by atoms with E-state index >= 15 is 0 Å². The lowest BCUT2D eigenvalue weighted by atomic mass is 10.0. The Labute approximate surface area is 113 Å². The van der Waals surface area contributed by atoms with Crippen LogP contribution >= 0.6 is 0 Å². The van der Waals surface area contributed by atoms with E-state index in [4.69, 9.17) is 5.26 Å². The van der Waals surface area contributed by atoms with E-state index in [2.05, 4.69) is 16.0 Å². The third kappa shape index (κ3) is 2.61. The standard InChI is InChI=1S/C13H19N5O/c1-13(2,9-14)18-6-4-17(5-7-18)12(19)11-8-15-10-16(11)3/h8,10H,4-7H2,1-3H3. The van der Waals surface area contributed by atoms with Crippen LogP contribution in [-0.2, 0) is 7.05 Å². The van der Waals surface area contributed by atoms with Crippen molar-refractivity contribution in [2.24, 2.45) is 7.05 Å². The number of nitriles is 1. The molecule has 1 amide bonds. The summed E-state index contributed by atoms with van der Waals surface area (Å²) in [5, 5.41) is 9.12. The number of amides is 1. The first kappa shape index (κ1) is 13.6. The predicted molar refractivity (Wildman–Crippen MR) is 70.4 cm³/mol. The molecule has 19 heavy (non-hydrogen) atoms. The van der Waals surface area contributed by atoms with Crippen molar-refractivity contribution in [3.63, 3.8) is 0 Å². The van der Waals surface area contributed by atoms with Crippen LogP contribution in [0.4, 0.5) is 0 Å². The lowest BCUT2D eigenvalue weighted by Gasteiger charge is -2.40. The van der Waals surface area contributed by atoms with Crippen LogP contribution in [0.3, 0.4) is 0 Å². The van der Waals surface area contributed by atoms with Gasteiger partial charge in [0.15, 0.2) is 0 Å². The van der Waals surface area contributed by atoms with Crippen LogP contribution in [-0.4, -0.2) is 57.0 Å². The fourth-order valence-corrected chi connectivity index (χ4v) is 2.26. The fourth-order valence-electron chi connectivity index (χ4n) is 2.26. The number of aryl methyl sites for hydroxylation is 1. The molecule has 0 bridgehead atoms. The van der Waals surface area contributed by atoms with Crippen LogP contribution in [0, 0.1) is 11.3 Å². The summed E-state index contributed by atoms with van der Waals surface area (Å²) in [5.41, 5.74) is 0.134. The Morgan fingerprint density at radius 1 is 1.37 bits per heavy atom. The molecular formula is C13H19N5O. The van der Waals surface area contributed by atoms with Gasteiger partial charge >= 0.3 is 0 Å². The fraction of sp³-hybridized carbons (Fsp3) is 0.615. The van der Waals surface area contributed by atoms with Gasteiger partial charge in [-0.3, -0.25) is 9.69 Å². The normalized spacial score (nSPS) is 17.3. The number of piperazine rings is 1. The summed E-state index contributed by atoms with van der Waals surface area (Å²) in [6, 6.07) is 2.30. The third-order valence-electron chi connectivity index (χ3n) is 3.67. The quantitative estimate of drug-likeness (QED) is 0.776. The molecule has 1 aliphatic rings. The molecule has 0 spiro atoms. The maximum atomic E-state index is 12.3. The van der Waals surface area contributed by atoms with Crippen molar-refractivity contribution in [2.75, 3.05) is 26.2 Å². The molecular weight excluding hydrogens is 242 g/mol. The van der Waals surface area contributed by atoms with Gasteiger partial charge in [0.1, 0.15) is 11.2 Å². The molecule has 1 aromatic rings. The first-order valence-electron chi connectivity index (χ1n) is 6.37. The van der Waals surface area contributed by atoms with Gasteiger partial charge in [-0.25, -0.2) is 4.98 Å². The van der Waals surface area contributed by atoms with E-state index in [1.807, 2.05) is 25.8 Å². The zero-order valence-electron chi connectivity index (χ0n) is 11.6. The monoisotopic (exact) mass is 261 g/mol. The molecule has 2 rings (SSSR count). The largest absolute Gasteiger partial charge is 0.335 e. The molecule has 0 atom stereocenters. The van der Waals surface area contributed by atoms with E-state index in [0.717, 1.165) is 13.1 Å². The van der Waals surface area contributed by atoms with Gasteiger partial charge in [-0.2, -0.15) is 5.26 Å². The van der Waals surface area contributed by atoms with Gasteiger partial charge in [0.05, 0.1) is 18.6 Å². The highest BCUT2D eigenvalue weighted by atomic mass is 16.2. The molecule has 0 aliphatic carbocycles. The molecule has 1 aliphatic heterocycles. The van der Waals surface area contributed by atoms with Crippen LogP contribution in [0.2, 0.25) is 0 Å². The Morgan fingerprint density at radius 2 is 2.00 bits per heavy atom. The van der Waals surface area contributed by atoms with Crippen molar-refractivity contribution >= 4 is 5.91 Å². The highest BCUT2D eigenvalue weighted by molar-refractivity contribution is 5.92. The number of carbonyl (C=O) groups is 1. The molecule has 0 N–H and O–H groups in total. The van der Waals surface area contributed by atoms with Gasteiger partial charge in [-0.1, -0.05) is 0 Å². The summed E-state index contributed by atoms with van der Waals surface area (Å²) in [5.74, 6) is 0.00872. The molecule has 1 saturated heterocycles. The first-order chi connectivity index (χ1) is 8.95. The minimum atomic E-state index is -0.471. The second-order valence-corrected chi connectivity index (χ2v) is 5.34. The topological polar surface area (TPSA) is 65.2 Å².